The molecule has 2 aliphatic heterocycles. The number of piperazine rings is 1. The summed E-state index contributed by atoms with van der Waals surface area (Å²) in [5.41, 5.74) is 1.23. The summed E-state index contributed by atoms with van der Waals surface area (Å²) in [6.07, 6.45) is 5.60. The molecule has 1 aromatic rings. The molecule has 0 aromatic heterocycles. The van der Waals surface area contributed by atoms with E-state index in [2.05, 4.69) is 29.4 Å². The van der Waals surface area contributed by atoms with E-state index in [0.29, 0.717) is 32.2 Å². The van der Waals surface area contributed by atoms with Crippen molar-refractivity contribution in [1.29, 1.82) is 0 Å². The van der Waals surface area contributed by atoms with E-state index in [4.69, 9.17) is 0 Å². The van der Waals surface area contributed by atoms with E-state index in [9.17, 15) is 9.59 Å². The Morgan fingerprint density at radius 3 is 2.70 bits per heavy atom. The minimum absolute atomic E-state index is 0.0411. The number of benzene rings is 1. The number of hydrogen-bond donors (Lipinski definition) is 1. The molecule has 3 amide bonds. The van der Waals surface area contributed by atoms with Gasteiger partial charge in [-0.05, 0) is 44.8 Å². The maximum atomic E-state index is 12.4. The smallest absolute Gasteiger partial charge is 0.317 e. The topological polar surface area (TPSA) is 55.9 Å². The highest BCUT2D eigenvalue weighted by Crippen LogP contribution is 2.17. The Labute approximate surface area is 162 Å². The molecule has 1 aromatic carbocycles. The van der Waals surface area contributed by atoms with Gasteiger partial charge in [0.15, 0.2) is 0 Å². The van der Waals surface area contributed by atoms with Gasteiger partial charge in [0.05, 0.1) is 0 Å². The minimum Gasteiger partial charge on any atom is -0.339 e. The molecule has 2 aliphatic rings. The first-order chi connectivity index (χ1) is 13.1. The third-order valence-electron chi connectivity index (χ3n) is 5.79. The number of amides is 3. The average molecular weight is 373 g/mol. The van der Waals surface area contributed by atoms with Crippen molar-refractivity contribution in [3.05, 3.63) is 35.9 Å². The molecule has 0 bridgehead atoms. The fourth-order valence-corrected chi connectivity index (χ4v) is 3.99. The Morgan fingerprint density at radius 2 is 1.96 bits per heavy atom. The molecule has 6 heteroatoms. The number of piperidine rings is 1. The van der Waals surface area contributed by atoms with E-state index in [-0.39, 0.29) is 18.5 Å². The van der Waals surface area contributed by atoms with Crippen LogP contribution < -0.4 is 5.32 Å². The van der Waals surface area contributed by atoms with Crippen molar-refractivity contribution in [1.82, 2.24) is 20.0 Å². The first-order valence-corrected chi connectivity index (χ1v) is 10.2. The molecule has 0 spiro atoms. The molecule has 0 radical (unpaired) electrons. The molecule has 2 heterocycles. The van der Waals surface area contributed by atoms with Crippen LogP contribution in [0.1, 0.15) is 31.2 Å². The van der Waals surface area contributed by atoms with Gasteiger partial charge < -0.3 is 20.0 Å². The third kappa shape index (κ3) is 5.70. The lowest BCUT2D eigenvalue weighted by molar-refractivity contribution is -0.134. The predicted octanol–water partition coefficient (Wildman–Crippen LogP) is 1.96. The van der Waals surface area contributed by atoms with Gasteiger partial charge in [-0.3, -0.25) is 4.79 Å². The van der Waals surface area contributed by atoms with Gasteiger partial charge in [-0.1, -0.05) is 36.8 Å². The van der Waals surface area contributed by atoms with Crippen LogP contribution in [-0.2, 0) is 11.2 Å². The van der Waals surface area contributed by atoms with E-state index in [1.54, 1.807) is 4.90 Å². The first-order valence-electron chi connectivity index (χ1n) is 10.2. The molecular formula is C21H32N4O2. The Morgan fingerprint density at radius 1 is 1.15 bits per heavy atom. The molecule has 3 rings (SSSR count). The predicted molar refractivity (Wildman–Crippen MR) is 107 cm³/mol. The van der Waals surface area contributed by atoms with Crippen molar-refractivity contribution in [3.63, 3.8) is 0 Å². The summed E-state index contributed by atoms with van der Waals surface area (Å²) in [5.74, 6) is 0.0411. The number of likely N-dealkylation sites (tertiary alicyclic amines) is 1. The van der Waals surface area contributed by atoms with Crippen molar-refractivity contribution in [3.8, 4) is 0 Å². The van der Waals surface area contributed by atoms with Gasteiger partial charge in [-0.25, -0.2) is 4.79 Å². The van der Waals surface area contributed by atoms with Gasteiger partial charge in [0.1, 0.15) is 6.54 Å². The monoisotopic (exact) mass is 372 g/mol. The highest BCUT2D eigenvalue weighted by molar-refractivity contribution is 5.85. The molecule has 148 valence electrons. The highest BCUT2D eigenvalue weighted by atomic mass is 16.2. The molecule has 6 nitrogen and oxygen atoms in total. The number of carbonyl (C=O) groups excluding carboxylic acids is 2. The lowest BCUT2D eigenvalue weighted by Crippen LogP contribution is -2.55. The highest BCUT2D eigenvalue weighted by Gasteiger charge is 2.27. The zero-order valence-corrected chi connectivity index (χ0v) is 16.4. The van der Waals surface area contributed by atoms with E-state index < -0.39 is 0 Å². The Bertz CT molecular complexity index is 622. The molecular weight excluding hydrogens is 340 g/mol. The van der Waals surface area contributed by atoms with Crippen LogP contribution in [0.2, 0.25) is 0 Å². The van der Waals surface area contributed by atoms with Crippen LogP contribution in [0.15, 0.2) is 30.3 Å². The summed E-state index contributed by atoms with van der Waals surface area (Å²) in [4.78, 5) is 30.7. The zero-order chi connectivity index (χ0) is 19.1. The van der Waals surface area contributed by atoms with Crippen molar-refractivity contribution < 1.29 is 9.59 Å². The van der Waals surface area contributed by atoms with Gasteiger partial charge in [-0.2, -0.15) is 0 Å². The summed E-state index contributed by atoms with van der Waals surface area (Å²) in [7, 11) is 2.17. The number of rotatable bonds is 6. The summed E-state index contributed by atoms with van der Waals surface area (Å²) < 4.78 is 0. The van der Waals surface area contributed by atoms with Crippen LogP contribution in [0.5, 0.6) is 0 Å². The fourth-order valence-electron chi connectivity index (χ4n) is 3.99. The normalized spacial score (nSPS) is 21.4. The van der Waals surface area contributed by atoms with Gasteiger partial charge in [0, 0.05) is 32.2 Å². The van der Waals surface area contributed by atoms with E-state index >= 15 is 0 Å². The van der Waals surface area contributed by atoms with Crippen LogP contribution in [-0.4, -0.2) is 79.0 Å². The van der Waals surface area contributed by atoms with Crippen LogP contribution in [0, 0.1) is 0 Å². The fraction of sp³-hybridized carbons (Fsp3) is 0.619. The van der Waals surface area contributed by atoms with Crippen LogP contribution in [0.4, 0.5) is 4.79 Å². The van der Waals surface area contributed by atoms with Crippen molar-refractivity contribution in [2.45, 2.75) is 38.1 Å². The lowest BCUT2D eigenvalue weighted by Gasteiger charge is -2.35. The van der Waals surface area contributed by atoms with Gasteiger partial charge in [-0.15, -0.1) is 0 Å². The van der Waals surface area contributed by atoms with Gasteiger partial charge in [0.25, 0.3) is 0 Å². The molecule has 1 N–H and O–H groups in total. The van der Waals surface area contributed by atoms with E-state index in [1.165, 1.54) is 24.8 Å². The Kier molecular flexibility index (Phi) is 7.10. The molecule has 0 saturated carbocycles. The molecule has 2 fully saturated rings. The van der Waals surface area contributed by atoms with Crippen molar-refractivity contribution in [2.75, 3.05) is 46.3 Å². The summed E-state index contributed by atoms with van der Waals surface area (Å²) >= 11 is 0. The second-order valence-electron chi connectivity index (χ2n) is 7.69. The summed E-state index contributed by atoms with van der Waals surface area (Å²) in [5, 5.41) is 3.00. The third-order valence-corrected chi connectivity index (χ3v) is 5.79. The number of nitrogens with zero attached hydrogens (tertiary/aromatic N) is 3. The molecule has 27 heavy (non-hydrogen) atoms. The average Bonchev–Trinajstić information content (AvgIpc) is 2.69. The quantitative estimate of drug-likeness (QED) is 0.831. The minimum atomic E-state index is -0.107. The molecule has 0 aliphatic carbocycles. The maximum Gasteiger partial charge on any atom is 0.317 e. The Hall–Kier alpha value is -2.08. The van der Waals surface area contributed by atoms with Gasteiger partial charge >= 0.3 is 6.03 Å². The summed E-state index contributed by atoms with van der Waals surface area (Å²) in [6.45, 7) is 3.95. The standard InChI is InChI=1S/C21H32N4O2/c1-23-13-6-5-9-19(23)10-12-22-21(27)25-16-15-24(20(26)17-25)14-11-18-7-3-2-4-8-18/h2-4,7-8,19H,5-6,9-17H2,1H3,(H,22,27)/t19-/m1/s1. The van der Waals surface area contributed by atoms with Gasteiger partial charge in [0.2, 0.25) is 5.91 Å². The maximum absolute atomic E-state index is 12.4. The van der Waals surface area contributed by atoms with Crippen molar-refractivity contribution >= 4 is 11.9 Å². The largest absolute Gasteiger partial charge is 0.339 e. The van der Waals surface area contributed by atoms with Crippen LogP contribution >= 0.6 is 0 Å². The SMILES string of the molecule is CN1CCCC[C@@H]1CCNC(=O)N1CCN(CCc2ccccc2)C(=O)C1. The van der Waals surface area contributed by atoms with Crippen LogP contribution in [0.3, 0.4) is 0 Å². The second kappa shape index (κ2) is 9.74. The summed E-state index contributed by atoms with van der Waals surface area (Å²) in [6, 6.07) is 10.7. The van der Waals surface area contributed by atoms with E-state index in [1.807, 2.05) is 23.1 Å². The van der Waals surface area contributed by atoms with Crippen molar-refractivity contribution in [2.24, 2.45) is 0 Å². The molecule has 1 atom stereocenters. The number of urea groups is 1. The Balaban J connectivity index is 1.37. The van der Waals surface area contributed by atoms with E-state index in [0.717, 1.165) is 19.4 Å². The number of carbonyl (C=O) groups is 2. The molecule has 0 unspecified atom stereocenters. The first kappa shape index (κ1) is 19.7. The second-order valence-corrected chi connectivity index (χ2v) is 7.69. The zero-order valence-electron chi connectivity index (χ0n) is 16.4. The number of hydrogen-bond acceptors (Lipinski definition) is 3. The lowest BCUT2D eigenvalue weighted by atomic mass is 10.0. The van der Waals surface area contributed by atoms with Crippen LogP contribution in [0.25, 0.3) is 0 Å². The number of nitrogens with one attached hydrogen (secondary N) is 1. The molecule has 2 saturated heterocycles.